The number of aromatic nitrogens is 4. The lowest BCUT2D eigenvalue weighted by Gasteiger charge is -2.13. The molecule has 0 saturated carbocycles. The highest BCUT2D eigenvalue weighted by Crippen LogP contribution is 2.39. The van der Waals surface area contributed by atoms with Crippen molar-refractivity contribution < 1.29 is 82.7 Å². The fraction of sp³-hybridized carbons (Fsp3) is 0.558. The van der Waals surface area contributed by atoms with Crippen LogP contribution in [0.2, 0.25) is 5.02 Å². The van der Waals surface area contributed by atoms with E-state index in [-0.39, 0.29) is 105 Å². The third kappa shape index (κ3) is 19.7. The van der Waals surface area contributed by atoms with Gasteiger partial charge in [-0.2, -0.15) is 0 Å². The van der Waals surface area contributed by atoms with Crippen molar-refractivity contribution in [2.45, 2.75) is 46.6 Å². The summed E-state index contributed by atoms with van der Waals surface area (Å²) in [7, 11) is 0. The Hall–Kier alpha value is -4.16. The summed E-state index contributed by atoms with van der Waals surface area (Å²) < 4.78 is 12.9. The van der Waals surface area contributed by atoms with E-state index in [1.807, 2.05) is 42.7 Å². The highest BCUT2D eigenvalue weighted by atomic mass is 35.5. The van der Waals surface area contributed by atoms with Crippen molar-refractivity contribution in [1.82, 2.24) is 19.7 Å². The number of rotatable bonds is 38. The van der Waals surface area contributed by atoms with Crippen LogP contribution in [0.25, 0.3) is 5.00 Å². The molecule has 5 rings (SSSR count). The lowest BCUT2D eigenvalue weighted by molar-refractivity contribution is -0.376. The van der Waals surface area contributed by atoms with Gasteiger partial charge in [-0.05, 0) is 51.0 Å². The van der Waals surface area contributed by atoms with E-state index in [9.17, 15) is 4.79 Å². The quantitative estimate of drug-likeness (QED) is 0.0324. The predicted molar refractivity (Wildman–Crippen MR) is 241 cm³/mol. The number of nitrogens with zero attached hydrogens (tertiary/aromatic N) is 5. The number of amides is 1. The Labute approximate surface area is 402 Å². The second kappa shape index (κ2) is 32.6. The van der Waals surface area contributed by atoms with E-state index < -0.39 is 6.04 Å². The van der Waals surface area contributed by atoms with Crippen molar-refractivity contribution in [2.24, 2.45) is 4.99 Å². The maximum atomic E-state index is 13.4. The van der Waals surface area contributed by atoms with Gasteiger partial charge in [0.1, 0.15) is 116 Å². The molecule has 1 aliphatic rings. The molecule has 1 aliphatic heterocycles. The first-order valence-electron chi connectivity index (χ1n) is 21.9. The smallest absolute Gasteiger partial charge is 0.227 e. The molecular weight excluding hydrogens is 940 g/mol. The molecule has 376 valence electrons. The zero-order valence-corrected chi connectivity index (χ0v) is 40.1. The Morgan fingerprint density at radius 3 is 1.63 bits per heavy atom. The number of hydrogen-bond acceptors (Lipinski definition) is 22. The molecular formula is C43H59ClN6O17S. The number of benzene rings is 1. The highest BCUT2D eigenvalue weighted by Gasteiger charge is 2.32. The van der Waals surface area contributed by atoms with Gasteiger partial charge in [0.25, 0.3) is 0 Å². The van der Waals surface area contributed by atoms with Crippen LogP contribution in [-0.2, 0) is 78.0 Å². The molecule has 1 atom stereocenters. The van der Waals surface area contributed by atoms with Gasteiger partial charge in [-0.3, -0.25) is 14.4 Å². The van der Waals surface area contributed by atoms with Crippen LogP contribution in [0.5, 0.6) is 5.88 Å². The predicted octanol–water partition coefficient (Wildman–Crippen LogP) is 5.67. The van der Waals surface area contributed by atoms with Crippen LogP contribution in [0.1, 0.15) is 59.0 Å². The maximum Gasteiger partial charge on any atom is 0.227 e. The number of aliphatic imine (C=N–C) groups is 1. The third-order valence-corrected chi connectivity index (χ3v) is 10.4. The molecule has 1 aromatic carbocycles. The zero-order valence-electron chi connectivity index (χ0n) is 38.5. The second-order valence-corrected chi connectivity index (χ2v) is 15.7. The fourth-order valence-electron chi connectivity index (χ4n) is 5.81. The summed E-state index contributed by atoms with van der Waals surface area (Å²) in [5, 5.41) is 13.3. The average Bonchev–Trinajstić information content (AvgIpc) is 3.82. The zero-order chi connectivity index (χ0) is 48.0. The van der Waals surface area contributed by atoms with Crippen LogP contribution in [-0.4, -0.2) is 144 Å². The van der Waals surface area contributed by atoms with Gasteiger partial charge in [-0.25, -0.2) is 73.4 Å². The van der Waals surface area contributed by atoms with Gasteiger partial charge in [0.05, 0.1) is 30.6 Å². The first-order chi connectivity index (χ1) is 33.4. The monoisotopic (exact) mass is 998 g/mol. The van der Waals surface area contributed by atoms with Gasteiger partial charge in [0.2, 0.25) is 11.8 Å². The van der Waals surface area contributed by atoms with Gasteiger partial charge >= 0.3 is 0 Å². The van der Waals surface area contributed by atoms with Gasteiger partial charge in [-0.15, -0.1) is 21.5 Å². The molecule has 0 aliphatic carbocycles. The molecule has 23 nitrogen and oxygen atoms in total. The molecule has 25 heteroatoms. The highest BCUT2D eigenvalue weighted by molar-refractivity contribution is 7.15. The standard InChI is InChI=1S/C43H59ClN6O17S/c1-5-12-52-13-15-54-56-17-19-58-60-21-23-62-64-25-27-66-67-28-26-65-63-24-22-61-59-20-18-57-55-16-14-53-39-11-10-36(30-45-39)46-38(51)29-37-42-49-48-33(4)50(42)43-40(31(2)32(3)68-43)41(47-37)34-6-8-35(44)9-7-34/h6-11,30,37H,5,12-29H2,1-4H3,(H,46,51)/t37-/m0/s1. The Kier molecular flexibility index (Phi) is 26.3. The van der Waals surface area contributed by atoms with E-state index in [0.717, 1.165) is 38.7 Å². The van der Waals surface area contributed by atoms with E-state index in [4.69, 9.17) is 94.5 Å². The van der Waals surface area contributed by atoms with Crippen LogP contribution < -0.4 is 10.1 Å². The number of pyridine rings is 1. The van der Waals surface area contributed by atoms with Crippen LogP contribution in [0.3, 0.4) is 0 Å². The molecule has 4 aromatic rings. The second-order valence-electron chi connectivity index (χ2n) is 14.0. The lowest BCUT2D eigenvalue weighted by Crippen LogP contribution is -2.17. The maximum absolute atomic E-state index is 13.4. The number of anilines is 1. The summed E-state index contributed by atoms with van der Waals surface area (Å²) in [6, 6.07) is 10.3. The largest absolute Gasteiger partial charge is 0.475 e. The molecule has 1 amide bonds. The SMILES string of the molecule is CCCOCCOOCCOOCCOOCCOOCCOOCCOOCCOOCCOc1ccc(NC(=O)C[C@@H]2N=C(c3ccc(Cl)cc3)c3c(sc(C)c3C)-n3c(C)nnc32)cn1. The summed E-state index contributed by atoms with van der Waals surface area (Å²) in [5.74, 6) is 1.37. The van der Waals surface area contributed by atoms with E-state index in [1.54, 1.807) is 23.5 Å². The Morgan fingerprint density at radius 1 is 0.647 bits per heavy atom. The van der Waals surface area contributed by atoms with Crippen molar-refractivity contribution in [3.8, 4) is 10.9 Å². The molecule has 0 fully saturated rings. The van der Waals surface area contributed by atoms with Gasteiger partial charge in [0.15, 0.2) is 5.82 Å². The first kappa shape index (κ1) is 54.8. The number of ether oxygens (including phenoxy) is 2. The van der Waals surface area contributed by atoms with Crippen molar-refractivity contribution in [1.29, 1.82) is 0 Å². The summed E-state index contributed by atoms with van der Waals surface area (Å²) in [4.78, 5) is 93.4. The summed E-state index contributed by atoms with van der Waals surface area (Å²) in [6.45, 7) is 11.5. The van der Waals surface area contributed by atoms with Crippen LogP contribution in [0.4, 0.5) is 5.69 Å². The number of aryl methyl sites for hydroxylation is 2. The third-order valence-electron chi connectivity index (χ3n) is 8.92. The van der Waals surface area contributed by atoms with Crippen molar-refractivity contribution in [3.63, 3.8) is 0 Å². The Bertz CT molecular complexity index is 2050. The fourth-order valence-corrected chi connectivity index (χ4v) is 7.15. The van der Waals surface area contributed by atoms with E-state index in [0.29, 0.717) is 48.1 Å². The molecule has 68 heavy (non-hydrogen) atoms. The number of carbonyl (C=O) groups excluding carboxylic acids is 1. The van der Waals surface area contributed by atoms with E-state index in [2.05, 4.69) is 34.3 Å². The Morgan fingerprint density at radius 2 is 1.15 bits per heavy atom. The summed E-state index contributed by atoms with van der Waals surface area (Å²) >= 11 is 7.87. The van der Waals surface area contributed by atoms with Gasteiger partial charge < -0.3 is 14.8 Å². The number of nitrogens with one attached hydrogen (secondary N) is 1. The van der Waals surface area contributed by atoms with E-state index >= 15 is 0 Å². The summed E-state index contributed by atoms with van der Waals surface area (Å²) in [6.07, 6.45) is 2.48. The van der Waals surface area contributed by atoms with Crippen LogP contribution in [0.15, 0.2) is 47.6 Å². The van der Waals surface area contributed by atoms with Crippen molar-refractivity contribution >= 4 is 40.2 Å². The molecule has 0 radical (unpaired) electrons. The minimum Gasteiger partial charge on any atom is -0.475 e. The van der Waals surface area contributed by atoms with Crippen molar-refractivity contribution in [2.75, 3.05) is 118 Å². The normalized spacial score (nSPS) is 13.3. The average molecular weight is 999 g/mol. The van der Waals surface area contributed by atoms with Crippen LogP contribution >= 0.6 is 22.9 Å². The number of halogens is 1. The van der Waals surface area contributed by atoms with Gasteiger partial charge in [0, 0.05) is 33.7 Å². The number of fused-ring (bicyclic) bond motifs is 3. The Balaban J connectivity index is 0.814. The minimum atomic E-state index is -0.612. The van der Waals surface area contributed by atoms with E-state index in [1.165, 1.54) is 6.20 Å². The first-order valence-corrected chi connectivity index (χ1v) is 23.1. The number of hydrogen-bond donors (Lipinski definition) is 1. The number of carbonyl (C=O) groups is 1. The summed E-state index contributed by atoms with van der Waals surface area (Å²) in [5.41, 5.74) is 4.25. The topological polar surface area (TPSA) is 233 Å². The van der Waals surface area contributed by atoms with Crippen LogP contribution in [0, 0.1) is 20.8 Å². The molecule has 0 saturated heterocycles. The minimum absolute atomic E-state index is 0.0186. The van der Waals surface area contributed by atoms with Crippen molar-refractivity contribution in [3.05, 3.63) is 80.8 Å². The molecule has 1 N–H and O–H groups in total. The van der Waals surface area contributed by atoms with Gasteiger partial charge in [-0.1, -0.05) is 30.7 Å². The molecule has 0 spiro atoms. The molecule has 0 unspecified atom stereocenters. The number of thiophene rings is 1. The lowest BCUT2D eigenvalue weighted by atomic mass is 9.99. The molecule has 3 aromatic heterocycles. The molecule has 0 bridgehead atoms. The molecule has 4 heterocycles.